The topological polar surface area (TPSA) is 69.6 Å². The first-order chi connectivity index (χ1) is 9.93. The van der Waals surface area contributed by atoms with E-state index in [4.69, 9.17) is 0 Å². The average Bonchev–Trinajstić information content (AvgIpc) is 2.47. The SMILES string of the molecule is CC1CCCN(C(=O)NC(C)(C(=O)O)c2ccccc2)C1. The van der Waals surface area contributed by atoms with Crippen LogP contribution < -0.4 is 5.32 Å². The molecule has 1 saturated heterocycles. The maximum absolute atomic E-state index is 12.4. The minimum atomic E-state index is -1.42. The Balaban J connectivity index is 2.17. The number of benzene rings is 1. The first-order valence-electron chi connectivity index (χ1n) is 7.29. The molecule has 2 amide bonds. The predicted octanol–water partition coefficient (Wildman–Crippen LogP) is 2.43. The van der Waals surface area contributed by atoms with Crippen molar-refractivity contribution in [3.8, 4) is 0 Å². The molecule has 2 atom stereocenters. The molecule has 21 heavy (non-hydrogen) atoms. The molecule has 0 spiro atoms. The van der Waals surface area contributed by atoms with E-state index in [1.54, 1.807) is 29.2 Å². The third-order valence-corrected chi connectivity index (χ3v) is 4.08. The summed E-state index contributed by atoms with van der Waals surface area (Å²) in [6.45, 7) is 4.99. The van der Waals surface area contributed by atoms with Gasteiger partial charge in [-0.3, -0.25) is 0 Å². The van der Waals surface area contributed by atoms with E-state index in [0.717, 1.165) is 12.8 Å². The van der Waals surface area contributed by atoms with E-state index < -0.39 is 11.5 Å². The number of likely N-dealkylation sites (tertiary alicyclic amines) is 1. The minimum absolute atomic E-state index is 0.310. The van der Waals surface area contributed by atoms with Crippen LogP contribution in [0, 0.1) is 5.92 Å². The molecule has 5 heteroatoms. The first-order valence-corrected chi connectivity index (χ1v) is 7.29. The third kappa shape index (κ3) is 3.35. The summed E-state index contributed by atoms with van der Waals surface area (Å²) >= 11 is 0. The standard InChI is InChI=1S/C16H22N2O3/c1-12-7-6-10-18(11-12)15(21)17-16(2,14(19)20)13-8-4-3-5-9-13/h3-5,8-9,12H,6-7,10-11H2,1-2H3,(H,17,21)(H,19,20). The molecule has 0 aliphatic carbocycles. The van der Waals surface area contributed by atoms with E-state index in [0.29, 0.717) is 24.6 Å². The maximum Gasteiger partial charge on any atom is 0.333 e. The number of nitrogens with one attached hydrogen (secondary N) is 1. The van der Waals surface area contributed by atoms with Crippen molar-refractivity contribution < 1.29 is 14.7 Å². The summed E-state index contributed by atoms with van der Waals surface area (Å²) in [5, 5.41) is 12.2. The number of nitrogens with zero attached hydrogens (tertiary/aromatic N) is 1. The van der Waals surface area contributed by atoms with Crippen molar-refractivity contribution in [3.63, 3.8) is 0 Å². The maximum atomic E-state index is 12.4. The summed E-state index contributed by atoms with van der Waals surface area (Å²) in [5.74, 6) is -0.607. The van der Waals surface area contributed by atoms with Crippen LogP contribution in [0.25, 0.3) is 0 Å². The molecule has 1 aliphatic rings. The van der Waals surface area contributed by atoms with Gasteiger partial charge >= 0.3 is 12.0 Å². The van der Waals surface area contributed by atoms with Crippen molar-refractivity contribution in [2.24, 2.45) is 5.92 Å². The molecule has 1 heterocycles. The Morgan fingerprint density at radius 2 is 2.00 bits per heavy atom. The van der Waals surface area contributed by atoms with Crippen LogP contribution in [0.4, 0.5) is 4.79 Å². The van der Waals surface area contributed by atoms with Crippen molar-refractivity contribution >= 4 is 12.0 Å². The van der Waals surface area contributed by atoms with E-state index in [9.17, 15) is 14.7 Å². The number of hydrogen-bond acceptors (Lipinski definition) is 2. The van der Waals surface area contributed by atoms with Gasteiger partial charge in [0.15, 0.2) is 5.54 Å². The van der Waals surface area contributed by atoms with Crippen molar-refractivity contribution in [1.29, 1.82) is 0 Å². The van der Waals surface area contributed by atoms with Gasteiger partial charge in [0, 0.05) is 13.1 Å². The van der Waals surface area contributed by atoms with E-state index in [1.165, 1.54) is 6.92 Å². The van der Waals surface area contributed by atoms with Gasteiger partial charge in [-0.25, -0.2) is 9.59 Å². The fourth-order valence-corrected chi connectivity index (χ4v) is 2.69. The zero-order valence-corrected chi connectivity index (χ0v) is 12.5. The lowest BCUT2D eigenvalue weighted by molar-refractivity contribution is -0.144. The summed E-state index contributed by atoms with van der Waals surface area (Å²) in [4.78, 5) is 25.8. The monoisotopic (exact) mass is 290 g/mol. The van der Waals surface area contributed by atoms with Crippen molar-refractivity contribution in [2.45, 2.75) is 32.2 Å². The zero-order chi connectivity index (χ0) is 15.5. The molecule has 1 fully saturated rings. The Bertz CT molecular complexity index is 518. The molecule has 2 unspecified atom stereocenters. The van der Waals surface area contributed by atoms with Crippen LogP contribution in [-0.2, 0) is 10.3 Å². The summed E-state index contributed by atoms with van der Waals surface area (Å²) in [6.07, 6.45) is 2.07. The van der Waals surface area contributed by atoms with E-state index in [2.05, 4.69) is 12.2 Å². The smallest absolute Gasteiger partial charge is 0.333 e. The molecule has 5 nitrogen and oxygen atoms in total. The molecule has 0 radical (unpaired) electrons. The van der Waals surface area contributed by atoms with Crippen molar-refractivity contribution in [3.05, 3.63) is 35.9 Å². The normalized spacial score (nSPS) is 21.4. The molecule has 1 aromatic carbocycles. The summed E-state index contributed by atoms with van der Waals surface area (Å²) in [7, 11) is 0. The number of carbonyl (C=O) groups is 2. The number of carbonyl (C=O) groups excluding carboxylic acids is 1. The Morgan fingerprint density at radius 1 is 1.33 bits per heavy atom. The lowest BCUT2D eigenvalue weighted by Gasteiger charge is -2.35. The van der Waals surface area contributed by atoms with Gasteiger partial charge < -0.3 is 15.3 Å². The molecule has 1 aliphatic heterocycles. The summed E-state index contributed by atoms with van der Waals surface area (Å²) < 4.78 is 0. The molecule has 0 aromatic heterocycles. The highest BCUT2D eigenvalue weighted by Gasteiger charge is 2.38. The number of hydrogen-bond donors (Lipinski definition) is 2. The molecule has 0 saturated carbocycles. The molecule has 1 aromatic rings. The van der Waals surface area contributed by atoms with Gasteiger partial charge in [0.05, 0.1) is 0 Å². The van der Waals surface area contributed by atoms with Gasteiger partial charge in [0.1, 0.15) is 0 Å². The van der Waals surface area contributed by atoms with Gasteiger partial charge in [-0.05, 0) is 31.2 Å². The summed E-state index contributed by atoms with van der Waals surface area (Å²) in [6, 6.07) is 8.48. The van der Waals surface area contributed by atoms with Crippen molar-refractivity contribution in [1.82, 2.24) is 10.2 Å². The average molecular weight is 290 g/mol. The van der Waals surface area contributed by atoms with Crippen LogP contribution in [0.3, 0.4) is 0 Å². The number of piperidine rings is 1. The van der Waals surface area contributed by atoms with E-state index in [-0.39, 0.29) is 6.03 Å². The molecule has 2 rings (SSSR count). The van der Waals surface area contributed by atoms with Crippen LogP contribution in [0.1, 0.15) is 32.3 Å². The second-order valence-electron chi connectivity index (χ2n) is 5.92. The van der Waals surface area contributed by atoms with Gasteiger partial charge in [-0.15, -0.1) is 0 Å². The zero-order valence-electron chi connectivity index (χ0n) is 12.5. The molecular weight excluding hydrogens is 268 g/mol. The van der Waals surface area contributed by atoms with Crippen LogP contribution in [0.5, 0.6) is 0 Å². The molecule has 114 valence electrons. The highest BCUT2D eigenvalue weighted by Crippen LogP contribution is 2.22. The van der Waals surface area contributed by atoms with Gasteiger partial charge in [-0.1, -0.05) is 37.3 Å². The number of aliphatic carboxylic acids is 1. The first kappa shape index (κ1) is 15.4. The number of carboxylic acids is 1. The van der Waals surface area contributed by atoms with Gasteiger partial charge in [0.25, 0.3) is 0 Å². The lowest BCUT2D eigenvalue weighted by Crippen LogP contribution is -2.55. The quantitative estimate of drug-likeness (QED) is 0.898. The Labute approximate surface area is 125 Å². The van der Waals surface area contributed by atoms with Gasteiger partial charge in [0.2, 0.25) is 0 Å². The molecular formula is C16H22N2O3. The third-order valence-electron chi connectivity index (χ3n) is 4.08. The highest BCUT2D eigenvalue weighted by atomic mass is 16.4. The van der Waals surface area contributed by atoms with Crippen molar-refractivity contribution in [2.75, 3.05) is 13.1 Å². The number of urea groups is 1. The largest absolute Gasteiger partial charge is 0.479 e. The summed E-state index contributed by atoms with van der Waals surface area (Å²) in [5.41, 5.74) is -0.852. The Hall–Kier alpha value is -2.04. The predicted molar refractivity (Wildman–Crippen MR) is 79.9 cm³/mol. The van der Waals surface area contributed by atoms with Crippen LogP contribution in [0.15, 0.2) is 30.3 Å². The fraction of sp³-hybridized carbons (Fsp3) is 0.500. The second kappa shape index (κ2) is 6.16. The van der Waals surface area contributed by atoms with E-state index >= 15 is 0 Å². The second-order valence-corrected chi connectivity index (χ2v) is 5.92. The lowest BCUT2D eigenvalue weighted by atomic mass is 9.92. The fourth-order valence-electron chi connectivity index (χ4n) is 2.69. The number of amides is 2. The Kier molecular flexibility index (Phi) is 4.50. The Morgan fingerprint density at radius 3 is 2.57 bits per heavy atom. The molecule has 0 bridgehead atoms. The number of carboxylic acid groups (broad SMARTS) is 1. The minimum Gasteiger partial charge on any atom is -0.479 e. The van der Waals surface area contributed by atoms with Crippen LogP contribution >= 0.6 is 0 Å². The number of rotatable bonds is 3. The van der Waals surface area contributed by atoms with Gasteiger partial charge in [-0.2, -0.15) is 0 Å². The molecule has 2 N–H and O–H groups in total. The van der Waals surface area contributed by atoms with Crippen LogP contribution in [0.2, 0.25) is 0 Å². The van der Waals surface area contributed by atoms with E-state index in [1.807, 2.05) is 6.07 Å². The van der Waals surface area contributed by atoms with Crippen LogP contribution in [-0.4, -0.2) is 35.1 Å². The highest BCUT2D eigenvalue weighted by molar-refractivity contribution is 5.87.